The summed E-state index contributed by atoms with van der Waals surface area (Å²) in [6.07, 6.45) is 0. The Morgan fingerprint density at radius 3 is 2.81 bits per heavy atom. The van der Waals surface area contributed by atoms with Crippen LogP contribution in [0, 0.1) is 5.82 Å². The molecule has 0 bridgehead atoms. The molecule has 1 aromatic carbocycles. The van der Waals surface area contributed by atoms with Gasteiger partial charge in [0, 0.05) is 23.0 Å². The molecule has 0 unspecified atom stereocenters. The fraction of sp³-hybridized carbons (Fsp3) is 0.312. The predicted octanol–water partition coefficient (Wildman–Crippen LogP) is 3.17. The van der Waals surface area contributed by atoms with E-state index >= 15 is 0 Å². The molecule has 0 aliphatic rings. The van der Waals surface area contributed by atoms with E-state index in [4.69, 9.17) is 0 Å². The molecule has 0 fully saturated rings. The lowest BCUT2D eigenvalue weighted by Gasteiger charge is -2.10. The fourth-order valence-electron chi connectivity index (χ4n) is 2.00. The Balaban J connectivity index is 1.96. The first kappa shape index (κ1) is 15.7. The van der Waals surface area contributed by atoms with Crippen molar-refractivity contribution < 1.29 is 9.18 Å². The highest BCUT2D eigenvalue weighted by Gasteiger charge is 2.08. The molecular weight excluding hydrogens is 287 g/mol. The number of amides is 1. The molecular formula is C16H19FN2OS. The van der Waals surface area contributed by atoms with Gasteiger partial charge >= 0.3 is 0 Å². The van der Waals surface area contributed by atoms with Crippen LogP contribution in [0.4, 0.5) is 4.39 Å². The molecule has 2 aromatic rings. The largest absolute Gasteiger partial charge is 0.353 e. The van der Waals surface area contributed by atoms with Crippen molar-refractivity contribution in [1.82, 2.24) is 10.6 Å². The van der Waals surface area contributed by atoms with Gasteiger partial charge in [0.05, 0.1) is 6.54 Å². The quantitative estimate of drug-likeness (QED) is 0.860. The topological polar surface area (TPSA) is 41.1 Å². The Kier molecular flexibility index (Phi) is 5.47. The second-order valence-corrected chi connectivity index (χ2v) is 6.06. The number of halogens is 1. The molecule has 112 valence electrons. The van der Waals surface area contributed by atoms with Gasteiger partial charge in [-0.15, -0.1) is 11.3 Å². The summed E-state index contributed by atoms with van der Waals surface area (Å²) in [6.45, 7) is 4.63. The number of hydrogen-bond acceptors (Lipinski definition) is 3. The van der Waals surface area contributed by atoms with E-state index in [0.29, 0.717) is 12.1 Å². The van der Waals surface area contributed by atoms with E-state index in [9.17, 15) is 9.18 Å². The minimum Gasteiger partial charge on any atom is -0.353 e. The maximum atomic E-state index is 13.8. The van der Waals surface area contributed by atoms with Gasteiger partial charge in [0.25, 0.3) is 0 Å². The molecule has 21 heavy (non-hydrogen) atoms. The minimum atomic E-state index is -0.223. The average Bonchev–Trinajstić information content (AvgIpc) is 2.93. The minimum absolute atomic E-state index is 0.0365. The van der Waals surface area contributed by atoms with Gasteiger partial charge in [-0.05, 0) is 43.0 Å². The summed E-state index contributed by atoms with van der Waals surface area (Å²) in [7, 11) is 0. The highest BCUT2D eigenvalue weighted by Crippen LogP contribution is 2.28. The van der Waals surface area contributed by atoms with E-state index < -0.39 is 0 Å². The van der Waals surface area contributed by atoms with Crippen molar-refractivity contribution >= 4 is 17.2 Å². The van der Waals surface area contributed by atoms with Crippen LogP contribution >= 0.6 is 11.3 Å². The summed E-state index contributed by atoms with van der Waals surface area (Å²) in [4.78, 5) is 12.4. The zero-order valence-electron chi connectivity index (χ0n) is 12.2. The fourth-order valence-corrected chi connectivity index (χ4v) is 2.74. The Morgan fingerprint density at radius 1 is 1.33 bits per heavy atom. The zero-order valence-corrected chi connectivity index (χ0v) is 13.0. The monoisotopic (exact) mass is 306 g/mol. The van der Waals surface area contributed by atoms with E-state index in [1.54, 1.807) is 6.07 Å². The highest BCUT2D eigenvalue weighted by molar-refractivity contribution is 7.13. The van der Waals surface area contributed by atoms with Crippen molar-refractivity contribution in [3.05, 3.63) is 47.1 Å². The number of rotatable bonds is 6. The maximum Gasteiger partial charge on any atom is 0.234 e. The molecule has 0 radical (unpaired) electrons. The Hall–Kier alpha value is -1.72. The molecule has 0 saturated heterocycles. The lowest BCUT2D eigenvalue weighted by Crippen LogP contribution is -2.37. The normalized spacial score (nSPS) is 10.9. The first-order chi connectivity index (χ1) is 10.1. The number of carbonyl (C=O) groups excluding carboxylic acids is 1. The molecule has 0 spiro atoms. The van der Waals surface area contributed by atoms with Gasteiger partial charge in [-0.3, -0.25) is 4.79 Å². The molecule has 0 aliphatic carbocycles. The zero-order chi connectivity index (χ0) is 15.2. The van der Waals surface area contributed by atoms with Crippen molar-refractivity contribution in [2.75, 3.05) is 6.54 Å². The first-order valence-corrected chi connectivity index (χ1v) is 7.76. The van der Waals surface area contributed by atoms with Crippen molar-refractivity contribution in [3.8, 4) is 10.4 Å². The van der Waals surface area contributed by atoms with Crippen molar-refractivity contribution in [2.45, 2.75) is 26.4 Å². The van der Waals surface area contributed by atoms with E-state index in [1.807, 2.05) is 37.4 Å². The second-order valence-electron chi connectivity index (χ2n) is 5.12. The smallest absolute Gasteiger partial charge is 0.234 e. The van der Waals surface area contributed by atoms with Gasteiger partial charge in [-0.25, -0.2) is 4.39 Å². The van der Waals surface area contributed by atoms with Crippen molar-refractivity contribution in [1.29, 1.82) is 0 Å². The van der Waals surface area contributed by atoms with Crippen LogP contribution in [0.3, 0.4) is 0 Å². The second kappa shape index (κ2) is 7.33. The van der Waals surface area contributed by atoms with Crippen LogP contribution in [0.2, 0.25) is 0 Å². The lowest BCUT2D eigenvalue weighted by molar-refractivity contribution is -0.120. The Labute approximate surface area is 128 Å². The molecule has 1 amide bonds. The van der Waals surface area contributed by atoms with Gasteiger partial charge in [0.2, 0.25) is 5.91 Å². The third-order valence-corrected chi connectivity index (χ3v) is 3.78. The van der Waals surface area contributed by atoms with Crippen LogP contribution in [-0.4, -0.2) is 18.5 Å². The summed E-state index contributed by atoms with van der Waals surface area (Å²) < 4.78 is 13.8. The average molecular weight is 306 g/mol. The number of nitrogens with one attached hydrogen (secondary N) is 2. The van der Waals surface area contributed by atoms with Crippen LogP contribution in [0.15, 0.2) is 35.7 Å². The molecule has 0 aliphatic heterocycles. The van der Waals surface area contributed by atoms with Gasteiger partial charge in [0.15, 0.2) is 0 Å². The van der Waals surface area contributed by atoms with Crippen molar-refractivity contribution in [3.63, 3.8) is 0 Å². The van der Waals surface area contributed by atoms with Gasteiger partial charge in [0.1, 0.15) is 5.82 Å². The summed E-state index contributed by atoms with van der Waals surface area (Å²) >= 11 is 1.51. The van der Waals surface area contributed by atoms with Crippen LogP contribution in [0.5, 0.6) is 0 Å². The SMILES string of the molecule is CC(C)NC(=O)CNCc1ccc(F)c(-c2cccs2)c1. The molecule has 0 atom stereocenters. The first-order valence-electron chi connectivity index (χ1n) is 6.88. The maximum absolute atomic E-state index is 13.8. The van der Waals surface area contributed by atoms with Crippen LogP contribution in [0.25, 0.3) is 10.4 Å². The third kappa shape index (κ3) is 4.65. The van der Waals surface area contributed by atoms with Crippen molar-refractivity contribution in [2.24, 2.45) is 0 Å². The Bertz CT molecular complexity index is 596. The molecule has 3 nitrogen and oxygen atoms in total. The standard InChI is InChI=1S/C16H19FN2OS/c1-11(2)19-16(20)10-18-9-12-5-6-14(17)13(8-12)15-4-3-7-21-15/h3-8,11,18H,9-10H2,1-2H3,(H,19,20). The van der Waals surface area contributed by atoms with E-state index in [-0.39, 0.29) is 24.3 Å². The molecule has 1 heterocycles. The van der Waals surface area contributed by atoms with E-state index in [0.717, 1.165) is 10.4 Å². The van der Waals surface area contributed by atoms with Gasteiger partial charge in [-0.2, -0.15) is 0 Å². The van der Waals surface area contributed by atoms with Crippen LogP contribution < -0.4 is 10.6 Å². The molecule has 2 rings (SSSR count). The van der Waals surface area contributed by atoms with E-state index in [2.05, 4.69) is 10.6 Å². The number of benzene rings is 1. The number of hydrogen-bond donors (Lipinski definition) is 2. The number of thiophene rings is 1. The summed E-state index contributed by atoms with van der Waals surface area (Å²) in [5.41, 5.74) is 1.56. The van der Waals surface area contributed by atoms with Gasteiger partial charge in [-0.1, -0.05) is 12.1 Å². The molecule has 0 saturated carbocycles. The van der Waals surface area contributed by atoms with Gasteiger partial charge < -0.3 is 10.6 Å². The lowest BCUT2D eigenvalue weighted by atomic mass is 10.1. The van der Waals surface area contributed by atoms with Crippen LogP contribution in [0.1, 0.15) is 19.4 Å². The summed E-state index contributed by atoms with van der Waals surface area (Å²) in [6, 6.07) is 8.97. The van der Waals surface area contributed by atoms with E-state index in [1.165, 1.54) is 17.4 Å². The number of carbonyl (C=O) groups is 1. The Morgan fingerprint density at radius 2 is 2.14 bits per heavy atom. The molecule has 5 heteroatoms. The summed E-state index contributed by atoms with van der Waals surface area (Å²) in [5.74, 6) is -0.260. The van der Waals surface area contributed by atoms with Crippen LogP contribution in [-0.2, 0) is 11.3 Å². The summed E-state index contributed by atoms with van der Waals surface area (Å²) in [5, 5.41) is 7.81. The highest BCUT2D eigenvalue weighted by atomic mass is 32.1. The molecule has 2 N–H and O–H groups in total. The predicted molar refractivity (Wildman–Crippen MR) is 84.7 cm³/mol. The molecule has 1 aromatic heterocycles. The third-order valence-electron chi connectivity index (χ3n) is 2.88.